The van der Waals surface area contributed by atoms with E-state index in [9.17, 15) is 4.79 Å². The summed E-state index contributed by atoms with van der Waals surface area (Å²) in [5.74, 6) is -0.0471. The third kappa shape index (κ3) is 4.05. The normalized spacial score (nSPS) is 11.7. The molecule has 0 aliphatic heterocycles. The van der Waals surface area contributed by atoms with Crippen molar-refractivity contribution >= 4 is 27.9 Å². The van der Waals surface area contributed by atoms with Crippen LogP contribution < -0.4 is 4.80 Å². The van der Waals surface area contributed by atoms with Gasteiger partial charge in [-0.1, -0.05) is 92.8 Å². The van der Waals surface area contributed by atoms with Crippen molar-refractivity contribution in [3.63, 3.8) is 0 Å². The molecular formula is C24H23N3OS. The lowest BCUT2D eigenvalue weighted by atomic mass is 9.87. The molecule has 0 radical (unpaired) electrons. The minimum absolute atomic E-state index is 0.0471. The summed E-state index contributed by atoms with van der Waals surface area (Å²) in [6.45, 7) is 6.60. The number of nitrogens with one attached hydrogen (secondary N) is 1. The Labute approximate surface area is 174 Å². The molecule has 1 aromatic heterocycles. The molecule has 0 bridgehead atoms. The highest BCUT2D eigenvalue weighted by atomic mass is 32.1. The average molecular weight is 402 g/mol. The quantitative estimate of drug-likeness (QED) is 0.464. The summed E-state index contributed by atoms with van der Waals surface area (Å²) in [4.78, 5) is 13.0. The van der Waals surface area contributed by atoms with E-state index in [1.807, 2.05) is 54.6 Å². The highest BCUT2D eigenvalue weighted by Crippen LogP contribution is 2.26. The second kappa shape index (κ2) is 7.41. The van der Waals surface area contributed by atoms with Gasteiger partial charge in [0.25, 0.3) is 0 Å². The minimum atomic E-state index is -0.0471. The summed E-state index contributed by atoms with van der Waals surface area (Å²) in [5, 5.41) is 15.7. The van der Waals surface area contributed by atoms with Crippen molar-refractivity contribution < 1.29 is 4.79 Å². The second-order valence-electron chi connectivity index (χ2n) is 8.18. The number of Topliss-reactive ketones (excluding diaryl/α,β-unsaturated/α-hetero) is 1. The number of nitrogens with zero attached hydrogens (tertiary/aromatic N) is 2. The zero-order valence-electron chi connectivity index (χ0n) is 16.8. The number of hydrogen-bond donors (Lipinski definition) is 1. The van der Waals surface area contributed by atoms with E-state index in [0.29, 0.717) is 5.56 Å². The average Bonchev–Trinajstić information content (AvgIpc) is 3.07. The first kappa shape index (κ1) is 19.3. The standard InChI is InChI=1S/C24H23N3OS/c1-24(2,3)20-12-10-17(11-13-20)22-26-27(23(25)29-22)15-21(28)19-9-8-16-6-4-5-7-18(16)14-19/h4-14,25H,15H2,1-3H3. The summed E-state index contributed by atoms with van der Waals surface area (Å²) in [5.41, 5.74) is 2.95. The summed E-state index contributed by atoms with van der Waals surface area (Å²) in [6.07, 6.45) is 0. The molecule has 0 aliphatic rings. The van der Waals surface area contributed by atoms with E-state index in [0.717, 1.165) is 21.3 Å². The molecule has 4 aromatic rings. The summed E-state index contributed by atoms with van der Waals surface area (Å²) in [6, 6.07) is 21.9. The number of aromatic nitrogens is 2. The van der Waals surface area contributed by atoms with Gasteiger partial charge in [0.15, 0.2) is 5.78 Å². The number of hydrogen-bond acceptors (Lipinski definition) is 4. The van der Waals surface area contributed by atoms with Gasteiger partial charge in [0, 0.05) is 11.1 Å². The molecule has 29 heavy (non-hydrogen) atoms. The predicted octanol–water partition coefficient (Wildman–Crippen LogP) is 5.42. The van der Waals surface area contributed by atoms with Crippen LogP contribution >= 0.6 is 11.3 Å². The first-order chi connectivity index (χ1) is 13.8. The fourth-order valence-electron chi connectivity index (χ4n) is 3.25. The van der Waals surface area contributed by atoms with Gasteiger partial charge in [-0.15, -0.1) is 0 Å². The smallest absolute Gasteiger partial charge is 0.200 e. The van der Waals surface area contributed by atoms with Crippen molar-refractivity contribution in [2.75, 3.05) is 0 Å². The zero-order valence-corrected chi connectivity index (χ0v) is 17.6. The van der Waals surface area contributed by atoms with E-state index >= 15 is 0 Å². The molecule has 0 aliphatic carbocycles. The maximum atomic E-state index is 12.8. The van der Waals surface area contributed by atoms with Crippen LogP contribution in [0.15, 0.2) is 66.7 Å². The van der Waals surface area contributed by atoms with Crippen LogP contribution in [0, 0.1) is 5.41 Å². The maximum absolute atomic E-state index is 12.8. The van der Waals surface area contributed by atoms with E-state index in [1.54, 1.807) is 0 Å². The van der Waals surface area contributed by atoms with Crippen LogP contribution in [0.2, 0.25) is 0 Å². The Morgan fingerprint density at radius 3 is 2.38 bits per heavy atom. The fraction of sp³-hybridized carbons (Fsp3) is 0.208. The van der Waals surface area contributed by atoms with E-state index < -0.39 is 0 Å². The molecular weight excluding hydrogens is 378 g/mol. The molecule has 5 heteroatoms. The number of rotatable bonds is 4. The number of carbonyl (C=O) groups excluding carboxylic acids is 1. The van der Waals surface area contributed by atoms with E-state index in [1.165, 1.54) is 21.6 Å². The SMILES string of the molecule is CC(C)(C)c1ccc(-c2nn(CC(=O)c3ccc4ccccc4c3)c(=N)s2)cc1. The van der Waals surface area contributed by atoms with Gasteiger partial charge in [0.2, 0.25) is 4.80 Å². The van der Waals surface area contributed by atoms with Crippen LogP contribution in [-0.4, -0.2) is 15.6 Å². The monoisotopic (exact) mass is 401 g/mol. The molecule has 0 spiro atoms. The predicted molar refractivity (Wildman–Crippen MR) is 118 cm³/mol. The van der Waals surface area contributed by atoms with Gasteiger partial charge in [0.1, 0.15) is 11.6 Å². The molecule has 4 rings (SSSR count). The molecule has 146 valence electrons. The Bertz CT molecular complexity index is 1240. The van der Waals surface area contributed by atoms with Crippen molar-refractivity contribution in [2.45, 2.75) is 32.7 Å². The van der Waals surface area contributed by atoms with Crippen molar-refractivity contribution in [2.24, 2.45) is 0 Å². The highest BCUT2D eigenvalue weighted by Gasteiger charge is 2.15. The number of benzene rings is 3. The van der Waals surface area contributed by atoms with Crippen LogP contribution in [0.5, 0.6) is 0 Å². The van der Waals surface area contributed by atoms with Gasteiger partial charge in [-0.3, -0.25) is 10.2 Å². The third-order valence-corrected chi connectivity index (χ3v) is 5.92. The Kier molecular flexibility index (Phi) is 4.92. The Balaban J connectivity index is 1.57. The van der Waals surface area contributed by atoms with Crippen LogP contribution in [0.4, 0.5) is 0 Å². The van der Waals surface area contributed by atoms with Gasteiger partial charge in [-0.25, -0.2) is 4.68 Å². The molecule has 1 N–H and O–H groups in total. The summed E-state index contributed by atoms with van der Waals surface area (Å²) in [7, 11) is 0. The fourth-order valence-corrected chi connectivity index (χ4v) is 4.03. The number of carbonyl (C=O) groups is 1. The zero-order chi connectivity index (χ0) is 20.6. The number of ketones is 1. The minimum Gasteiger partial charge on any atom is -0.292 e. The van der Waals surface area contributed by atoms with Crippen LogP contribution in [-0.2, 0) is 12.0 Å². The first-order valence-electron chi connectivity index (χ1n) is 9.57. The Hall–Kier alpha value is -3.05. The van der Waals surface area contributed by atoms with Crippen molar-refractivity contribution in [3.05, 3.63) is 82.7 Å². The lowest BCUT2D eigenvalue weighted by Crippen LogP contribution is -2.21. The Morgan fingerprint density at radius 1 is 1.00 bits per heavy atom. The Morgan fingerprint density at radius 2 is 1.69 bits per heavy atom. The lowest BCUT2D eigenvalue weighted by molar-refractivity contribution is 0.0966. The lowest BCUT2D eigenvalue weighted by Gasteiger charge is -2.18. The molecule has 3 aromatic carbocycles. The molecule has 1 heterocycles. The molecule has 4 nitrogen and oxygen atoms in total. The third-order valence-electron chi connectivity index (χ3n) is 5.00. The number of fused-ring (bicyclic) bond motifs is 1. The van der Waals surface area contributed by atoms with E-state index in [-0.39, 0.29) is 22.5 Å². The summed E-state index contributed by atoms with van der Waals surface area (Å²) >= 11 is 1.29. The molecule has 0 amide bonds. The first-order valence-corrected chi connectivity index (χ1v) is 10.4. The molecule has 0 fully saturated rings. The van der Waals surface area contributed by atoms with Gasteiger partial charge >= 0.3 is 0 Å². The van der Waals surface area contributed by atoms with Gasteiger partial charge < -0.3 is 0 Å². The molecule has 0 saturated carbocycles. The molecule has 0 unspecified atom stereocenters. The van der Waals surface area contributed by atoms with E-state index in [4.69, 9.17) is 5.41 Å². The summed E-state index contributed by atoms with van der Waals surface area (Å²) < 4.78 is 1.48. The van der Waals surface area contributed by atoms with Gasteiger partial charge in [0.05, 0.1) is 0 Å². The molecule has 0 atom stereocenters. The largest absolute Gasteiger partial charge is 0.292 e. The van der Waals surface area contributed by atoms with Gasteiger partial charge in [-0.05, 0) is 27.8 Å². The topological polar surface area (TPSA) is 58.7 Å². The van der Waals surface area contributed by atoms with Crippen molar-refractivity contribution in [1.29, 1.82) is 5.41 Å². The van der Waals surface area contributed by atoms with Crippen molar-refractivity contribution in [1.82, 2.24) is 9.78 Å². The van der Waals surface area contributed by atoms with Crippen LogP contribution in [0.25, 0.3) is 21.3 Å². The van der Waals surface area contributed by atoms with Crippen molar-refractivity contribution in [3.8, 4) is 10.6 Å². The maximum Gasteiger partial charge on any atom is 0.200 e. The van der Waals surface area contributed by atoms with Crippen LogP contribution in [0.3, 0.4) is 0 Å². The van der Waals surface area contributed by atoms with Crippen LogP contribution in [0.1, 0.15) is 36.7 Å². The highest BCUT2D eigenvalue weighted by molar-refractivity contribution is 7.12. The second-order valence-corrected chi connectivity index (χ2v) is 9.16. The molecule has 0 saturated heterocycles. The van der Waals surface area contributed by atoms with E-state index in [2.05, 4.69) is 38.0 Å². The van der Waals surface area contributed by atoms with Gasteiger partial charge in [-0.2, -0.15) is 5.10 Å².